The van der Waals surface area contributed by atoms with Crippen molar-refractivity contribution < 1.29 is 19.1 Å². The summed E-state index contributed by atoms with van der Waals surface area (Å²) in [6.45, 7) is 2.11. The monoisotopic (exact) mass is 358 g/mol. The Labute approximate surface area is 153 Å². The number of nitrogens with one attached hydrogen (secondary N) is 1. The lowest BCUT2D eigenvalue weighted by Gasteiger charge is -2.36. The number of nitrogens with zero attached hydrogens (tertiary/aromatic N) is 1. The number of rotatable bonds is 4. The van der Waals surface area contributed by atoms with Gasteiger partial charge in [0.25, 0.3) is 5.91 Å². The molecule has 2 amide bonds. The molecule has 1 aromatic carbocycles. The van der Waals surface area contributed by atoms with E-state index >= 15 is 0 Å². The van der Waals surface area contributed by atoms with Crippen LogP contribution in [-0.4, -0.2) is 56.7 Å². The molecule has 0 radical (unpaired) electrons. The molecule has 2 saturated heterocycles. The Morgan fingerprint density at radius 2 is 2.19 bits per heavy atom. The van der Waals surface area contributed by atoms with Gasteiger partial charge in [-0.15, -0.1) is 0 Å². The summed E-state index contributed by atoms with van der Waals surface area (Å²) < 4.78 is 11.3. The van der Waals surface area contributed by atoms with Crippen LogP contribution in [0.25, 0.3) is 0 Å². The Kier molecular flexibility index (Phi) is 4.61. The van der Waals surface area contributed by atoms with Crippen LogP contribution in [0.15, 0.2) is 18.2 Å². The zero-order valence-corrected chi connectivity index (χ0v) is 15.3. The number of fused-ring (bicyclic) bond motifs is 2. The smallest absolute Gasteiger partial charge is 0.260 e. The third kappa shape index (κ3) is 2.96. The molecule has 2 atom stereocenters. The van der Waals surface area contributed by atoms with Gasteiger partial charge in [0.05, 0.1) is 12.0 Å². The number of aryl methyl sites for hydroxylation is 2. The second-order valence-corrected chi connectivity index (χ2v) is 7.60. The van der Waals surface area contributed by atoms with E-state index in [1.807, 2.05) is 6.07 Å². The van der Waals surface area contributed by atoms with Crippen molar-refractivity contribution in [3.63, 3.8) is 0 Å². The molecule has 1 aromatic rings. The predicted octanol–water partition coefficient (Wildman–Crippen LogP) is 1.17. The van der Waals surface area contributed by atoms with E-state index in [0.717, 1.165) is 18.6 Å². The van der Waals surface area contributed by atoms with Crippen LogP contribution in [0.3, 0.4) is 0 Å². The van der Waals surface area contributed by atoms with Gasteiger partial charge >= 0.3 is 0 Å². The van der Waals surface area contributed by atoms with Gasteiger partial charge in [0, 0.05) is 32.7 Å². The topological polar surface area (TPSA) is 67.9 Å². The first-order valence-corrected chi connectivity index (χ1v) is 9.45. The molecule has 140 valence electrons. The molecule has 2 fully saturated rings. The van der Waals surface area contributed by atoms with E-state index in [4.69, 9.17) is 9.47 Å². The van der Waals surface area contributed by atoms with E-state index in [1.165, 1.54) is 17.5 Å². The van der Waals surface area contributed by atoms with Gasteiger partial charge < -0.3 is 19.7 Å². The van der Waals surface area contributed by atoms with Gasteiger partial charge in [-0.2, -0.15) is 0 Å². The minimum absolute atomic E-state index is 0.0101. The Hall–Kier alpha value is -2.08. The van der Waals surface area contributed by atoms with Crippen LogP contribution in [0.4, 0.5) is 0 Å². The summed E-state index contributed by atoms with van der Waals surface area (Å²) in [5, 5.41) is 2.77. The normalized spacial score (nSPS) is 27.0. The number of benzene rings is 1. The molecule has 0 saturated carbocycles. The lowest BCUT2D eigenvalue weighted by molar-refractivity contribution is -0.139. The number of amides is 2. The van der Waals surface area contributed by atoms with Gasteiger partial charge in [-0.25, -0.2) is 0 Å². The number of carbonyl (C=O) groups is 2. The highest BCUT2D eigenvalue weighted by atomic mass is 16.5. The Bertz CT molecular complexity index is 720. The third-order valence-electron chi connectivity index (χ3n) is 6.17. The fourth-order valence-corrected chi connectivity index (χ4v) is 4.63. The minimum atomic E-state index is -0.518. The Morgan fingerprint density at radius 1 is 1.35 bits per heavy atom. The number of hydrogen-bond donors (Lipinski definition) is 1. The molecule has 4 rings (SSSR count). The molecule has 1 aliphatic carbocycles. The molecule has 6 heteroatoms. The van der Waals surface area contributed by atoms with E-state index in [0.29, 0.717) is 32.7 Å². The van der Waals surface area contributed by atoms with Crippen LogP contribution in [0, 0.1) is 11.3 Å². The lowest BCUT2D eigenvalue weighted by Crippen LogP contribution is -2.49. The third-order valence-corrected chi connectivity index (χ3v) is 6.17. The van der Waals surface area contributed by atoms with Crippen molar-refractivity contribution in [3.8, 4) is 5.75 Å². The molecular weight excluding hydrogens is 332 g/mol. The van der Waals surface area contributed by atoms with Crippen LogP contribution in [0.2, 0.25) is 0 Å². The van der Waals surface area contributed by atoms with Gasteiger partial charge in [-0.1, -0.05) is 6.07 Å². The first-order chi connectivity index (χ1) is 12.6. The second-order valence-electron chi connectivity index (χ2n) is 7.60. The molecule has 0 spiro atoms. The van der Waals surface area contributed by atoms with Crippen molar-refractivity contribution in [1.29, 1.82) is 0 Å². The van der Waals surface area contributed by atoms with E-state index in [9.17, 15) is 9.59 Å². The van der Waals surface area contributed by atoms with Crippen LogP contribution in [0.1, 0.15) is 24.0 Å². The average molecular weight is 358 g/mol. The standard InChI is InChI=1S/C20H26N2O4/c1-21-19(24)20-7-8-25-11-16(20)10-22(13-20)18(23)12-26-17-6-5-14-3-2-4-15(14)9-17/h5-6,9,16H,2-4,7-8,10-13H2,1H3,(H,21,24)/t16-,20+/m1/s1. The molecule has 6 nitrogen and oxygen atoms in total. The van der Waals surface area contributed by atoms with Crippen LogP contribution in [-0.2, 0) is 27.2 Å². The van der Waals surface area contributed by atoms with E-state index in [2.05, 4.69) is 17.4 Å². The fourth-order valence-electron chi connectivity index (χ4n) is 4.63. The first-order valence-electron chi connectivity index (χ1n) is 9.45. The number of ether oxygens (including phenoxy) is 2. The van der Waals surface area contributed by atoms with Crippen molar-refractivity contribution in [1.82, 2.24) is 10.2 Å². The molecule has 0 bridgehead atoms. The van der Waals surface area contributed by atoms with Crippen molar-refractivity contribution in [2.75, 3.05) is 40.0 Å². The maximum Gasteiger partial charge on any atom is 0.260 e. The zero-order chi connectivity index (χ0) is 18.1. The lowest BCUT2D eigenvalue weighted by atomic mass is 9.73. The number of carbonyl (C=O) groups excluding carboxylic acids is 2. The van der Waals surface area contributed by atoms with Gasteiger partial charge in [-0.3, -0.25) is 9.59 Å². The maximum atomic E-state index is 12.7. The van der Waals surface area contributed by atoms with Crippen LogP contribution in [0.5, 0.6) is 5.75 Å². The quantitative estimate of drug-likeness (QED) is 0.877. The predicted molar refractivity (Wildman–Crippen MR) is 96.0 cm³/mol. The summed E-state index contributed by atoms with van der Waals surface area (Å²) in [6.07, 6.45) is 4.07. The van der Waals surface area contributed by atoms with Crippen molar-refractivity contribution >= 4 is 11.8 Å². The van der Waals surface area contributed by atoms with Crippen molar-refractivity contribution in [3.05, 3.63) is 29.3 Å². The Morgan fingerprint density at radius 3 is 3.04 bits per heavy atom. The number of hydrogen-bond acceptors (Lipinski definition) is 4. The SMILES string of the molecule is CNC(=O)[C@]12CCOC[C@H]1CN(C(=O)COc1ccc3c(c1)CCC3)C2. The molecule has 0 unspecified atom stereocenters. The van der Waals surface area contributed by atoms with Crippen LogP contribution < -0.4 is 10.1 Å². The van der Waals surface area contributed by atoms with E-state index in [1.54, 1.807) is 11.9 Å². The summed E-state index contributed by atoms with van der Waals surface area (Å²) in [5.41, 5.74) is 2.20. The highest BCUT2D eigenvalue weighted by Crippen LogP contribution is 2.42. The first kappa shape index (κ1) is 17.3. The molecule has 1 N–H and O–H groups in total. The van der Waals surface area contributed by atoms with E-state index < -0.39 is 5.41 Å². The van der Waals surface area contributed by atoms with Gasteiger partial charge in [-0.05, 0) is 48.9 Å². The largest absolute Gasteiger partial charge is 0.484 e. The molecule has 2 aliphatic heterocycles. The minimum Gasteiger partial charge on any atom is -0.484 e. The summed E-state index contributed by atoms with van der Waals surface area (Å²) in [6, 6.07) is 6.10. The number of likely N-dealkylation sites (tertiary alicyclic amines) is 1. The molecule has 0 aromatic heterocycles. The second kappa shape index (κ2) is 6.91. The highest BCUT2D eigenvalue weighted by molar-refractivity contribution is 5.86. The average Bonchev–Trinajstić information content (AvgIpc) is 3.29. The van der Waals surface area contributed by atoms with Crippen molar-refractivity contribution in [2.45, 2.75) is 25.7 Å². The zero-order valence-electron chi connectivity index (χ0n) is 15.3. The molecule has 3 aliphatic rings. The summed E-state index contributed by atoms with van der Waals surface area (Å²) in [5.74, 6) is 0.754. The fraction of sp³-hybridized carbons (Fsp3) is 0.600. The summed E-state index contributed by atoms with van der Waals surface area (Å²) in [7, 11) is 1.66. The van der Waals surface area contributed by atoms with Gasteiger partial charge in [0.2, 0.25) is 5.91 Å². The van der Waals surface area contributed by atoms with Gasteiger partial charge in [0.1, 0.15) is 5.75 Å². The molecular formula is C20H26N2O4. The molecule has 2 heterocycles. The van der Waals surface area contributed by atoms with Gasteiger partial charge in [0.15, 0.2) is 6.61 Å². The maximum absolute atomic E-state index is 12.7. The van der Waals surface area contributed by atoms with E-state index in [-0.39, 0.29) is 24.3 Å². The summed E-state index contributed by atoms with van der Waals surface area (Å²) in [4.78, 5) is 26.9. The highest BCUT2D eigenvalue weighted by Gasteiger charge is 2.54. The van der Waals surface area contributed by atoms with Crippen molar-refractivity contribution in [2.24, 2.45) is 11.3 Å². The molecule has 26 heavy (non-hydrogen) atoms. The summed E-state index contributed by atoms with van der Waals surface area (Å²) >= 11 is 0. The Balaban J connectivity index is 1.40. The van der Waals surface area contributed by atoms with Crippen LogP contribution >= 0.6 is 0 Å².